The van der Waals surface area contributed by atoms with Gasteiger partial charge in [-0.2, -0.15) is 0 Å². The second-order valence-corrected chi connectivity index (χ2v) is 20.5. The number of anilines is 6. The molecule has 0 bridgehead atoms. The van der Waals surface area contributed by atoms with Gasteiger partial charge >= 0.3 is 0 Å². The summed E-state index contributed by atoms with van der Waals surface area (Å²) in [6, 6.07) is 81.8. The minimum atomic E-state index is -0.153. The molecule has 0 saturated heterocycles. The minimum absolute atomic E-state index is 0.153. The van der Waals surface area contributed by atoms with Gasteiger partial charge < -0.3 is 9.80 Å². The van der Waals surface area contributed by atoms with Crippen LogP contribution in [-0.4, -0.2) is 0 Å². The van der Waals surface area contributed by atoms with Crippen LogP contribution in [0.3, 0.4) is 0 Å². The van der Waals surface area contributed by atoms with Gasteiger partial charge in [-0.25, -0.2) is 0 Å². The average molecular weight is 911 g/mol. The van der Waals surface area contributed by atoms with Crippen molar-refractivity contribution in [3.63, 3.8) is 0 Å². The van der Waals surface area contributed by atoms with E-state index in [4.69, 9.17) is 0 Å². The highest BCUT2D eigenvalue weighted by molar-refractivity contribution is 6.24. The minimum Gasteiger partial charge on any atom is -0.310 e. The summed E-state index contributed by atoms with van der Waals surface area (Å²) in [7, 11) is 0. The number of rotatable bonds is 14. The summed E-state index contributed by atoms with van der Waals surface area (Å²) in [5.74, 6) is 0.973. The van der Waals surface area contributed by atoms with E-state index < -0.39 is 0 Å². The molecule has 0 aromatic heterocycles. The van der Waals surface area contributed by atoms with Crippen LogP contribution >= 0.6 is 0 Å². The fourth-order valence-corrected chi connectivity index (χ4v) is 10.6. The number of hydrogen-bond donors (Lipinski definition) is 0. The molecule has 0 fully saturated rings. The SMILES string of the molecule is CCC(C)c1ccc(N(c2ccc(C(C)(C)c3ccccc3)cc2)c2cc3c4ccccc4c(N(c4ccc(C(C)CC)cc4)c4ccc(C(C)(C)c5ccccc5)cc4)cc3c3ccccc23)cc1. The molecule has 2 heteroatoms. The van der Waals surface area contributed by atoms with Crippen LogP contribution in [0.5, 0.6) is 0 Å². The smallest absolute Gasteiger partial charge is 0.0546 e. The Kier molecular flexibility index (Phi) is 12.7. The van der Waals surface area contributed by atoms with Crippen LogP contribution < -0.4 is 9.80 Å². The molecule has 0 N–H and O–H groups in total. The Morgan fingerprint density at radius 2 is 0.586 bits per heavy atom. The highest BCUT2D eigenvalue weighted by atomic mass is 15.2. The lowest BCUT2D eigenvalue weighted by Gasteiger charge is -2.31. The van der Waals surface area contributed by atoms with Crippen LogP contribution in [0.2, 0.25) is 0 Å². The van der Waals surface area contributed by atoms with E-state index in [1.165, 1.54) is 65.7 Å². The predicted octanol–water partition coefficient (Wildman–Crippen LogP) is 19.8. The molecule has 0 radical (unpaired) electrons. The zero-order valence-corrected chi connectivity index (χ0v) is 42.2. The molecule has 0 saturated carbocycles. The zero-order valence-electron chi connectivity index (χ0n) is 42.2. The number of fused-ring (bicyclic) bond motifs is 5. The standard InChI is InChI=1S/C68H66N2/c1-9-47(3)49-29-37-55(38-30-49)69(57-41-33-53(34-42-57)67(5,6)51-21-13-11-14-22-51)65-45-63-60-26-18-20-28-62(60)66(46-64(63)59-25-17-19-27-61(59)65)70(56-39-31-50(32-40-56)48(4)10-2)58-43-35-54(36-44-58)68(7,8)52-23-15-12-16-24-52/h11-48H,9-10H2,1-8H3. The third-order valence-electron chi connectivity index (χ3n) is 15.7. The third kappa shape index (κ3) is 8.55. The van der Waals surface area contributed by atoms with Crippen molar-refractivity contribution >= 4 is 66.4 Å². The first-order chi connectivity index (χ1) is 34.0. The van der Waals surface area contributed by atoms with Gasteiger partial charge in [0.05, 0.1) is 11.4 Å². The molecule has 70 heavy (non-hydrogen) atoms. The zero-order chi connectivity index (χ0) is 48.6. The van der Waals surface area contributed by atoms with E-state index in [0.29, 0.717) is 11.8 Å². The maximum Gasteiger partial charge on any atom is 0.0546 e. The molecule has 0 aliphatic rings. The van der Waals surface area contributed by atoms with Gasteiger partial charge in [0.1, 0.15) is 0 Å². The van der Waals surface area contributed by atoms with Crippen molar-refractivity contribution in [2.45, 2.75) is 90.9 Å². The molecule has 2 atom stereocenters. The molecular formula is C68H66N2. The quantitative estimate of drug-likeness (QED) is 0.100. The third-order valence-corrected chi connectivity index (χ3v) is 15.7. The topological polar surface area (TPSA) is 6.48 Å². The largest absolute Gasteiger partial charge is 0.310 e. The summed E-state index contributed by atoms with van der Waals surface area (Å²) in [6.07, 6.45) is 2.20. The van der Waals surface area contributed by atoms with E-state index in [9.17, 15) is 0 Å². The van der Waals surface area contributed by atoms with Gasteiger partial charge in [0.15, 0.2) is 0 Å². The molecule has 0 heterocycles. The van der Waals surface area contributed by atoms with Gasteiger partial charge in [0, 0.05) is 44.4 Å². The Morgan fingerprint density at radius 1 is 0.314 bits per heavy atom. The van der Waals surface area contributed by atoms with Gasteiger partial charge in [0.2, 0.25) is 0 Å². The molecule has 0 spiro atoms. The maximum absolute atomic E-state index is 2.48. The van der Waals surface area contributed by atoms with E-state index in [0.717, 1.165) is 47.0 Å². The van der Waals surface area contributed by atoms with Crippen LogP contribution in [0.15, 0.2) is 218 Å². The summed E-state index contributed by atoms with van der Waals surface area (Å²) < 4.78 is 0. The highest BCUT2D eigenvalue weighted by Crippen LogP contribution is 2.48. The monoisotopic (exact) mass is 911 g/mol. The summed E-state index contributed by atoms with van der Waals surface area (Å²) in [5, 5.41) is 7.29. The molecule has 10 rings (SSSR count). The molecule has 0 aliphatic heterocycles. The van der Waals surface area contributed by atoms with Crippen LogP contribution in [-0.2, 0) is 10.8 Å². The van der Waals surface area contributed by atoms with Gasteiger partial charge in [0.25, 0.3) is 0 Å². The second-order valence-electron chi connectivity index (χ2n) is 20.5. The highest BCUT2D eigenvalue weighted by Gasteiger charge is 2.27. The van der Waals surface area contributed by atoms with Gasteiger partial charge in [-0.05, 0) is 140 Å². The number of nitrogens with zero attached hydrogens (tertiary/aromatic N) is 2. The van der Waals surface area contributed by atoms with Crippen molar-refractivity contribution < 1.29 is 0 Å². The van der Waals surface area contributed by atoms with Gasteiger partial charge in [-0.3, -0.25) is 0 Å². The second kappa shape index (κ2) is 19.2. The Hall–Kier alpha value is -7.42. The molecule has 0 amide bonds. The fraction of sp³-hybridized carbons (Fsp3) is 0.206. The molecule has 0 aliphatic carbocycles. The lowest BCUT2D eigenvalue weighted by atomic mass is 9.78. The molecule has 10 aromatic rings. The first kappa shape index (κ1) is 46.3. The molecule has 10 aromatic carbocycles. The van der Waals surface area contributed by atoms with Crippen molar-refractivity contribution in [3.8, 4) is 0 Å². The van der Waals surface area contributed by atoms with E-state index >= 15 is 0 Å². The summed E-state index contributed by atoms with van der Waals surface area (Å²) in [6.45, 7) is 18.5. The van der Waals surface area contributed by atoms with Crippen LogP contribution in [0.25, 0.3) is 32.3 Å². The number of hydrogen-bond acceptors (Lipinski definition) is 2. The molecule has 348 valence electrons. The Morgan fingerprint density at radius 3 is 0.900 bits per heavy atom. The maximum atomic E-state index is 2.48. The Balaban J connectivity index is 1.18. The van der Waals surface area contributed by atoms with Crippen molar-refractivity contribution in [1.82, 2.24) is 0 Å². The van der Waals surface area contributed by atoms with Crippen molar-refractivity contribution in [2.24, 2.45) is 0 Å². The van der Waals surface area contributed by atoms with Crippen molar-refractivity contribution in [1.29, 1.82) is 0 Å². The van der Waals surface area contributed by atoms with E-state index in [-0.39, 0.29) is 10.8 Å². The lowest BCUT2D eigenvalue weighted by Crippen LogP contribution is -2.19. The molecular weight excluding hydrogens is 845 g/mol. The van der Waals surface area contributed by atoms with Crippen molar-refractivity contribution in [2.75, 3.05) is 9.80 Å². The van der Waals surface area contributed by atoms with E-state index in [2.05, 4.69) is 284 Å². The van der Waals surface area contributed by atoms with Gasteiger partial charge in [-0.15, -0.1) is 0 Å². The average Bonchev–Trinajstić information content (AvgIpc) is 3.42. The Bertz CT molecular complexity index is 3160. The van der Waals surface area contributed by atoms with Crippen LogP contribution in [0.4, 0.5) is 34.1 Å². The fourth-order valence-electron chi connectivity index (χ4n) is 10.6. The van der Waals surface area contributed by atoms with Crippen LogP contribution in [0.1, 0.15) is 113 Å². The first-order valence-electron chi connectivity index (χ1n) is 25.5. The summed E-state index contributed by atoms with van der Waals surface area (Å²) in [5.41, 5.74) is 14.4. The summed E-state index contributed by atoms with van der Waals surface area (Å²) in [4.78, 5) is 4.96. The Labute approximate surface area is 416 Å². The van der Waals surface area contributed by atoms with Crippen LogP contribution in [0, 0.1) is 0 Å². The normalized spacial score (nSPS) is 12.9. The van der Waals surface area contributed by atoms with E-state index in [1.54, 1.807) is 0 Å². The van der Waals surface area contributed by atoms with Crippen molar-refractivity contribution in [3.05, 3.63) is 252 Å². The van der Waals surface area contributed by atoms with E-state index in [1.807, 2.05) is 0 Å². The first-order valence-corrected chi connectivity index (χ1v) is 25.5. The lowest BCUT2D eigenvalue weighted by molar-refractivity contribution is 0.641. The summed E-state index contributed by atoms with van der Waals surface area (Å²) >= 11 is 0. The molecule has 2 nitrogen and oxygen atoms in total. The predicted molar refractivity (Wildman–Crippen MR) is 303 cm³/mol. The molecule has 2 unspecified atom stereocenters. The number of benzene rings is 10. The van der Waals surface area contributed by atoms with Gasteiger partial charge in [-0.1, -0.05) is 213 Å².